The maximum Gasteiger partial charge on any atom is 0.0484 e. The second-order valence-electron chi connectivity index (χ2n) is 3.66. The van der Waals surface area contributed by atoms with Crippen LogP contribution in [0.5, 0.6) is 0 Å². The standard InChI is InChI=1S/C12H16N2/c1-2-11-3-5-12(6-4-11)9-14-8-7-13-10-14/h2-6,13H,1,7-10H2. The molecule has 2 rings (SSSR count). The SMILES string of the molecule is C=Cc1ccc(CN2CCNC2)cc1. The zero-order valence-corrected chi connectivity index (χ0v) is 8.37. The van der Waals surface area contributed by atoms with E-state index >= 15 is 0 Å². The van der Waals surface area contributed by atoms with Crippen LogP contribution in [-0.4, -0.2) is 24.7 Å². The van der Waals surface area contributed by atoms with Crippen molar-refractivity contribution in [3.63, 3.8) is 0 Å². The second kappa shape index (κ2) is 4.40. The molecule has 14 heavy (non-hydrogen) atoms. The van der Waals surface area contributed by atoms with Crippen LogP contribution in [0, 0.1) is 0 Å². The van der Waals surface area contributed by atoms with Gasteiger partial charge in [0.2, 0.25) is 0 Å². The Labute approximate surface area is 85.2 Å². The minimum absolute atomic E-state index is 1.02. The maximum atomic E-state index is 3.74. The molecule has 1 heterocycles. The first-order valence-corrected chi connectivity index (χ1v) is 5.03. The average Bonchev–Trinajstić information content (AvgIpc) is 2.72. The highest BCUT2D eigenvalue weighted by atomic mass is 15.3. The second-order valence-corrected chi connectivity index (χ2v) is 3.66. The van der Waals surface area contributed by atoms with Crippen LogP contribution >= 0.6 is 0 Å². The first kappa shape index (κ1) is 9.44. The normalized spacial score (nSPS) is 17.1. The average molecular weight is 188 g/mol. The Morgan fingerprint density at radius 1 is 1.36 bits per heavy atom. The summed E-state index contributed by atoms with van der Waals surface area (Å²) < 4.78 is 0. The summed E-state index contributed by atoms with van der Waals surface area (Å²) >= 11 is 0. The number of hydrogen-bond donors (Lipinski definition) is 1. The van der Waals surface area contributed by atoms with E-state index in [2.05, 4.69) is 41.1 Å². The fourth-order valence-electron chi connectivity index (χ4n) is 1.71. The molecule has 0 aromatic heterocycles. The quantitative estimate of drug-likeness (QED) is 0.776. The van der Waals surface area contributed by atoms with Crippen LogP contribution in [0.25, 0.3) is 6.08 Å². The third kappa shape index (κ3) is 2.22. The summed E-state index contributed by atoms with van der Waals surface area (Å²) in [5.41, 5.74) is 2.56. The van der Waals surface area contributed by atoms with Gasteiger partial charge in [0.15, 0.2) is 0 Å². The number of hydrogen-bond acceptors (Lipinski definition) is 2. The lowest BCUT2D eigenvalue weighted by molar-refractivity contribution is 0.327. The van der Waals surface area contributed by atoms with E-state index in [4.69, 9.17) is 0 Å². The molecular weight excluding hydrogens is 172 g/mol. The van der Waals surface area contributed by atoms with Gasteiger partial charge >= 0.3 is 0 Å². The minimum atomic E-state index is 1.02. The molecule has 2 nitrogen and oxygen atoms in total. The van der Waals surface area contributed by atoms with Gasteiger partial charge < -0.3 is 5.32 Å². The summed E-state index contributed by atoms with van der Waals surface area (Å²) in [6.45, 7) is 8.08. The van der Waals surface area contributed by atoms with Crippen molar-refractivity contribution in [1.29, 1.82) is 0 Å². The smallest absolute Gasteiger partial charge is 0.0484 e. The third-order valence-electron chi connectivity index (χ3n) is 2.56. The van der Waals surface area contributed by atoms with E-state index in [-0.39, 0.29) is 0 Å². The molecule has 0 spiro atoms. The molecule has 74 valence electrons. The molecule has 1 aliphatic heterocycles. The first-order chi connectivity index (χ1) is 6.88. The van der Waals surface area contributed by atoms with Gasteiger partial charge in [-0.25, -0.2) is 0 Å². The first-order valence-electron chi connectivity index (χ1n) is 5.03. The van der Waals surface area contributed by atoms with E-state index in [1.54, 1.807) is 0 Å². The molecule has 1 aromatic rings. The van der Waals surface area contributed by atoms with Crippen LogP contribution in [0.1, 0.15) is 11.1 Å². The molecule has 0 atom stereocenters. The molecule has 0 amide bonds. The van der Waals surface area contributed by atoms with Crippen LogP contribution in [0.4, 0.5) is 0 Å². The summed E-state index contributed by atoms with van der Waals surface area (Å²) in [7, 11) is 0. The number of nitrogens with zero attached hydrogens (tertiary/aromatic N) is 1. The van der Waals surface area contributed by atoms with Crippen molar-refractivity contribution in [3.8, 4) is 0 Å². The molecule has 1 N–H and O–H groups in total. The van der Waals surface area contributed by atoms with Crippen molar-refractivity contribution in [2.75, 3.05) is 19.8 Å². The number of benzene rings is 1. The van der Waals surface area contributed by atoms with Gasteiger partial charge in [0, 0.05) is 26.3 Å². The lowest BCUT2D eigenvalue weighted by Crippen LogP contribution is -2.21. The molecule has 0 aliphatic carbocycles. The monoisotopic (exact) mass is 188 g/mol. The zero-order chi connectivity index (χ0) is 9.80. The van der Waals surface area contributed by atoms with Crippen LogP contribution in [0.2, 0.25) is 0 Å². The van der Waals surface area contributed by atoms with Crippen molar-refractivity contribution < 1.29 is 0 Å². The molecule has 0 radical (unpaired) electrons. The predicted molar refractivity (Wildman–Crippen MR) is 59.8 cm³/mol. The van der Waals surface area contributed by atoms with Gasteiger partial charge in [0.05, 0.1) is 0 Å². The summed E-state index contributed by atoms with van der Waals surface area (Å²) in [5, 5.41) is 3.32. The minimum Gasteiger partial charge on any atom is -0.303 e. The Morgan fingerprint density at radius 3 is 2.71 bits per heavy atom. The van der Waals surface area contributed by atoms with Crippen LogP contribution in [-0.2, 0) is 6.54 Å². The van der Waals surface area contributed by atoms with Crippen LogP contribution < -0.4 is 5.32 Å². The molecule has 1 aliphatic rings. The predicted octanol–water partition coefficient (Wildman–Crippen LogP) is 1.69. The largest absolute Gasteiger partial charge is 0.303 e. The molecule has 1 saturated heterocycles. The molecule has 0 unspecified atom stereocenters. The van der Waals surface area contributed by atoms with E-state index < -0.39 is 0 Å². The van der Waals surface area contributed by atoms with Crippen molar-refractivity contribution in [2.24, 2.45) is 0 Å². The molecular formula is C12H16N2. The maximum absolute atomic E-state index is 3.74. The van der Waals surface area contributed by atoms with E-state index in [1.165, 1.54) is 11.1 Å². The van der Waals surface area contributed by atoms with E-state index in [0.29, 0.717) is 0 Å². The van der Waals surface area contributed by atoms with Crippen LogP contribution in [0.3, 0.4) is 0 Å². The lowest BCUT2D eigenvalue weighted by atomic mass is 10.1. The lowest BCUT2D eigenvalue weighted by Gasteiger charge is -2.13. The number of nitrogens with one attached hydrogen (secondary N) is 1. The summed E-state index contributed by atoms with van der Waals surface area (Å²) in [6.07, 6.45) is 1.88. The van der Waals surface area contributed by atoms with Gasteiger partial charge in [-0.05, 0) is 11.1 Å². The molecule has 2 heteroatoms. The fraction of sp³-hybridized carbons (Fsp3) is 0.333. The van der Waals surface area contributed by atoms with E-state index in [9.17, 15) is 0 Å². The summed E-state index contributed by atoms with van der Waals surface area (Å²) in [4.78, 5) is 2.41. The Hall–Kier alpha value is -1.12. The highest BCUT2D eigenvalue weighted by molar-refractivity contribution is 5.47. The molecule has 0 saturated carbocycles. The summed E-state index contributed by atoms with van der Waals surface area (Å²) in [5.74, 6) is 0. The topological polar surface area (TPSA) is 15.3 Å². The highest BCUT2D eigenvalue weighted by Crippen LogP contribution is 2.08. The van der Waals surface area contributed by atoms with Gasteiger partial charge in [-0.1, -0.05) is 36.9 Å². The van der Waals surface area contributed by atoms with Crippen LogP contribution in [0.15, 0.2) is 30.8 Å². The molecule has 1 fully saturated rings. The van der Waals surface area contributed by atoms with Crippen molar-refractivity contribution in [3.05, 3.63) is 42.0 Å². The van der Waals surface area contributed by atoms with Gasteiger partial charge in [0.1, 0.15) is 0 Å². The van der Waals surface area contributed by atoms with Gasteiger partial charge in [0.25, 0.3) is 0 Å². The Morgan fingerprint density at radius 2 is 2.14 bits per heavy atom. The van der Waals surface area contributed by atoms with Crippen molar-refractivity contribution in [2.45, 2.75) is 6.54 Å². The van der Waals surface area contributed by atoms with Crippen molar-refractivity contribution in [1.82, 2.24) is 10.2 Å². The highest BCUT2D eigenvalue weighted by Gasteiger charge is 2.10. The zero-order valence-electron chi connectivity index (χ0n) is 8.37. The molecule has 0 bridgehead atoms. The fourth-order valence-corrected chi connectivity index (χ4v) is 1.71. The van der Waals surface area contributed by atoms with Gasteiger partial charge in [-0.3, -0.25) is 4.90 Å². The van der Waals surface area contributed by atoms with Gasteiger partial charge in [-0.2, -0.15) is 0 Å². The van der Waals surface area contributed by atoms with Gasteiger partial charge in [-0.15, -0.1) is 0 Å². The van der Waals surface area contributed by atoms with E-state index in [1.807, 2.05) is 6.08 Å². The van der Waals surface area contributed by atoms with Crippen molar-refractivity contribution >= 4 is 6.08 Å². The Balaban J connectivity index is 1.98. The third-order valence-corrected chi connectivity index (χ3v) is 2.56. The Bertz CT molecular complexity index is 297. The number of rotatable bonds is 3. The molecule has 1 aromatic carbocycles. The summed E-state index contributed by atoms with van der Waals surface area (Å²) in [6, 6.07) is 8.59. The van der Waals surface area contributed by atoms with E-state index in [0.717, 1.165) is 26.3 Å². The Kier molecular flexibility index (Phi) is 2.96.